The van der Waals surface area contributed by atoms with Crippen LogP contribution in [-0.2, 0) is 4.74 Å². The summed E-state index contributed by atoms with van der Waals surface area (Å²) in [6, 6.07) is 5.78. The van der Waals surface area contributed by atoms with Gasteiger partial charge in [-0.3, -0.25) is 10.1 Å². The minimum atomic E-state index is -0.335. The van der Waals surface area contributed by atoms with E-state index in [1.165, 1.54) is 0 Å². The average molecular weight is 234 g/mol. The first kappa shape index (κ1) is 10.5. The Hall–Kier alpha value is -1.62. The molecule has 2 aliphatic rings. The van der Waals surface area contributed by atoms with Crippen molar-refractivity contribution in [1.29, 1.82) is 0 Å². The van der Waals surface area contributed by atoms with E-state index in [0.29, 0.717) is 12.1 Å². The van der Waals surface area contributed by atoms with Gasteiger partial charge in [0.15, 0.2) is 0 Å². The number of hydrogen-bond acceptors (Lipinski definition) is 4. The zero-order chi connectivity index (χ0) is 12.0. The lowest BCUT2D eigenvalue weighted by Gasteiger charge is -2.29. The number of rotatable bonds is 2. The summed E-state index contributed by atoms with van der Waals surface area (Å²) in [7, 11) is 0. The monoisotopic (exact) mass is 234 g/mol. The van der Waals surface area contributed by atoms with Crippen molar-refractivity contribution in [3.8, 4) is 0 Å². The molecule has 0 aromatic heterocycles. The van der Waals surface area contributed by atoms with E-state index in [1.54, 1.807) is 13.0 Å². The van der Waals surface area contributed by atoms with Crippen LogP contribution in [0.25, 0.3) is 0 Å². The quantitative estimate of drug-likeness (QED) is 0.579. The van der Waals surface area contributed by atoms with Crippen LogP contribution in [-0.4, -0.2) is 30.2 Å². The molecule has 0 amide bonds. The van der Waals surface area contributed by atoms with Gasteiger partial charge in [0.05, 0.1) is 23.7 Å². The molecule has 2 saturated heterocycles. The van der Waals surface area contributed by atoms with E-state index in [1.807, 2.05) is 12.1 Å². The molecule has 2 heterocycles. The minimum absolute atomic E-state index is 0.189. The summed E-state index contributed by atoms with van der Waals surface area (Å²) >= 11 is 0. The third-order valence-electron chi connectivity index (χ3n) is 3.61. The summed E-state index contributed by atoms with van der Waals surface area (Å²) < 4.78 is 5.55. The van der Waals surface area contributed by atoms with Crippen LogP contribution in [0.2, 0.25) is 0 Å². The summed E-state index contributed by atoms with van der Waals surface area (Å²) in [5.74, 6) is 0. The molecule has 1 aromatic carbocycles. The Morgan fingerprint density at radius 3 is 2.88 bits per heavy atom. The van der Waals surface area contributed by atoms with Gasteiger partial charge in [-0.25, -0.2) is 0 Å². The van der Waals surface area contributed by atoms with Crippen LogP contribution in [0.5, 0.6) is 0 Å². The van der Waals surface area contributed by atoms with Crippen LogP contribution in [0.3, 0.4) is 0 Å². The van der Waals surface area contributed by atoms with Crippen molar-refractivity contribution in [2.24, 2.45) is 0 Å². The fourth-order valence-corrected chi connectivity index (χ4v) is 2.74. The largest absolute Gasteiger partial charge is 0.374 e. The van der Waals surface area contributed by atoms with Gasteiger partial charge in [-0.1, -0.05) is 0 Å². The first-order valence-electron chi connectivity index (χ1n) is 5.78. The second kappa shape index (κ2) is 3.70. The lowest BCUT2D eigenvalue weighted by molar-refractivity contribution is -0.385. The number of aryl methyl sites for hydroxylation is 1. The predicted octanol–water partition coefficient (Wildman–Crippen LogP) is 1.88. The minimum Gasteiger partial charge on any atom is -0.374 e. The molecule has 0 N–H and O–H groups in total. The molecule has 2 atom stereocenters. The first-order chi connectivity index (χ1) is 8.15. The second-order valence-electron chi connectivity index (χ2n) is 4.73. The SMILES string of the molecule is Cc1cc(N2C[C@H]3C[C@@H]2CO3)ccc1[N+](=O)[O-]. The Kier molecular flexibility index (Phi) is 2.29. The molecule has 5 heteroatoms. The number of benzene rings is 1. The smallest absolute Gasteiger partial charge is 0.272 e. The normalized spacial score (nSPS) is 26.5. The van der Waals surface area contributed by atoms with Gasteiger partial charge in [0.2, 0.25) is 0 Å². The van der Waals surface area contributed by atoms with Gasteiger partial charge in [0.25, 0.3) is 5.69 Å². The van der Waals surface area contributed by atoms with Gasteiger partial charge >= 0.3 is 0 Å². The fraction of sp³-hybridized carbons (Fsp3) is 0.500. The summed E-state index contributed by atoms with van der Waals surface area (Å²) in [6.45, 7) is 3.47. The van der Waals surface area contributed by atoms with Crippen molar-refractivity contribution < 1.29 is 9.66 Å². The van der Waals surface area contributed by atoms with Crippen molar-refractivity contribution in [3.63, 3.8) is 0 Å². The maximum Gasteiger partial charge on any atom is 0.272 e. The Balaban J connectivity index is 1.89. The topological polar surface area (TPSA) is 55.6 Å². The molecule has 2 bridgehead atoms. The van der Waals surface area contributed by atoms with Crippen LogP contribution in [0, 0.1) is 17.0 Å². The van der Waals surface area contributed by atoms with Crippen LogP contribution in [0.1, 0.15) is 12.0 Å². The summed E-state index contributed by atoms with van der Waals surface area (Å²) in [5.41, 5.74) is 1.98. The van der Waals surface area contributed by atoms with Gasteiger partial charge < -0.3 is 9.64 Å². The molecule has 0 unspecified atom stereocenters. The third kappa shape index (κ3) is 1.67. The maximum absolute atomic E-state index is 10.8. The van der Waals surface area contributed by atoms with Gasteiger partial charge in [0.1, 0.15) is 0 Å². The number of nitrogens with zero attached hydrogens (tertiary/aromatic N) is 2. The first-order valence-corrected chi connectivity index (χ1v) is 5.78. The fourth-order valence-electron chi connectivity index (χ4n) is 2.74. The summed E-state index contributed by atoms with van der Waals surface area (Å²) in [6.07, 6.45) is 1.42. The van der Waals surface area contributed by atoms with Crippen LogP contribution >= 0.6 is 0 Å². The lowest BCUT2D eigenvalue weighted by Crippen LogP contribution is -2.36. The van der Waals surface area contributed by atoms with E-state index in [0.717, 1.165) is 30.8 Å². The molecule has 5 nitrogen and oxygen atoms in total. The van der Waals surface area contributed by atoms with E-state index in [9.17, 15) is 10.1 Å². The van der Waals surface area contributed by atoms with Crippen molar-refractivity contribution in [3.05, 3.63) is 33.9 Å². The van der Waals surface area contributed by atoms with Crippen molar-refractivity contribution in [2.45, 2.75) is 25.5 Å². The van der Waals surface area contributed by atoms with E-state index in [-0.39, 0.29) is 10.6 Å². The van der Waals surface area contributed by atoms with E-state index < -0.39 is 0 Å². The molecule has 17 heavy (non-hydrogen) atoms. The molecule has 2 aliphatic heterocycles. The number of fused-ring (bicyclic) bond motifs is 2. The Bertz CT molecular complexity index is 475. The molecule has 0 spiro atoms. The van der Waals surface area contributed by atoms with Crippen LogP contribution in [0.4, 0.5) is 11.4 Å². The van der Waals surface area contributed by atoms with Gasteiger partial charge in [0, 0.05) is 23.9 Å². The molecule has 1 aromatic rings. The number of nitro benzene ring substituents is 1. The summed E-state index contributed by atoms with van der Waals surface area (Å²) in [5, 5.41) is 10.8. The molecule has 0 saturated carbocycles. The van der Waals surface area contributed by atoms with Gasteiger partial charge in [-0.15, -0.1) is 0 Å². The molecule has 90 valence electrons. The lowest BCUT2D eigenvalue weighted by atomic mass is 10.1. The Morgan fingerprint density at radius 2 is 2.35 bits per heavy atom. The highest BCUT2D eigenvalue weighted by atomic mass is 16.6. The summed E-state index contributed by atoms with van der Waals surface area (Å²) in [4.78, 5) is 12.7. The Labute approximate surface area is 99.1 Å². The highest BCUT2D eigenvalue weighted by molar-refractivity contribution is 5.57. The van der Waals surface area contributed by atoms with Crippen LogP contribution in [0.15, 0.2) is 18.2 Å². The highest BCUT2D eigenvalue weighted by Crippen LogP contribution is 2.34. The number of ether oxygens (including phenoxy) is 1. The average Bonchev–Trinajstić information content (AvgIpc) is 2.89. The van der Waals surface area contributed by atoms with Crippen molar-refractivity contribution in [2.75, 3.05) is 18.1 Å². The molecular formula is C12H14N2O3. The van der Waals surface area contributed by atoms with Gasteiger partial charge in [-0.2, -0.15) is 0 Å². The highest BCUT2D eigenvalue weighted by Gasteiger charge is 2.39. The van der Waals surface area contributed by atoms with E-state index in [4.69, 9.17) is 4.74 Å². The standard InChI is InChI=1S/C12H14N2O3/c1-8-4-9(2-3-12(8)14(15)16)13-6-11-5-10(13)7-17-11/h2-4,10-11H,5-7H2,1H3/t10-,11-/m1/s1. The van der Waals surface area contributed by atoms with Gasteiger partial charge in [-0.05, 0) is 25.5 Å². The van der Waals surface area contributed by atoms with Crippen molar-refractivity contribution in [1.82, 2.24) is 0 Å². The second-order valence-corrected chi connectivity index (χ2v) is 4.73. The maximum atomic E-state index is 10.8. The van der Waals surface area contributed by atoms with Crippen LogP contribution < -0.4 is 4.90 Å². The zero-order valence-electron chi connectivity index (χ0n) is 9.63. The number of hydrogen-bond donors (Lipinski definition) is 0. The predicted molar refractivity (Wildman–Crippen MR) is 63.3 cm³/mol. The number of morpholine rings is 1. The van der Waals surface area contributed by atoms with E-state index in [2.05, 4.69) is 4.90 Å². The molecule has 0 aliphatic carbocycles. The Morgan fingerprint density at radius 1 is 1.53 bits per heavy atom. The number of nitro groups is 1. The molecule has 2 fully saturated rings. The van der Waals surface area contributed by atoms with E-state index >= 15 is 0 Å². The zero-order valence-corrected chi connectivity index (χ0v) is 9.63. The molecular weight excluding hydrogens is 220 g/mol. The number of anilines is 1. The molecule has 3 rings (SSSR count). The third-order valence-corrected chi connectivity index (χ3v) is 3.61. The molecule has 0 radical (unpaired) electrons. The van der Waals surface area contributed by atoms with Crippen molar-refractivity contribution >= 4 is 11.4 Å².